The van der Waals surface area contributed by atoms with Crippen LogP contribution in [0.5, 0.6) is 5.75 Å². The minimum Gasteiger partial charge on any atom is -0.494 e. The molecule has 0 unspecified atom stereocenters. The zero-order valence-electron chi connectivity index (χ0n) is 16.9. The maximum atomic E-state index is 13.4. The third kappa shape index (κ3) is 4.88. The van der Waals surface area contributed by atoms with E-state index in [0.29, 0.717) is 18.7 Å². The Morgan fingerprint density at radius 2 is 1.93 bits per heavy atom. The molecule has 3 aromatic rings. The van der Waals surface area contributed by atoms with E-state index < -0.39 is 0 Å². The number of aromatic nitrogens is 1. The summed E-state index contributed by atoms with van der Waals surface area (Å²) in [5, 5.41) is 3.93. The Labute approximate surface area is 179 Å². The van der Waals surface area contributed by atoms with Gasteiger partial charge >= 0.3 is 0 Å². The van der Waals surface area contributed by atoms with Gasteiger partial charge in [-0.15, -0.1) is 0 Å². The largest absolute Gasteiger partial charge is 0.494 e. The Bertz CT molecular complexity index is 1000. The zero-order chi connectivity index (χ0) is 20.9. The zero-order valence-corrected chi connectivity index (χ0v) is 17.8. The summed E-state index contributed by atoms with van der Waals surface area (Å²) in [5.74, 6) is 0.471. The molecule has 1 aromatic heterocycles. The first kappa shape index (κ1) is 20.6. The molecular formula is C22H25FN4O2S. The number of hydrogen-bond acceptors (Lipinski definition) is 6. The van der Waals surface area contributed by atoms with Crippen molar-refractivity contribution in [3.8, 4) is 5.75 Å². The van der Waals surface area contributed by atoms with E-state index in [9.17, 15) is 9.18 Å². The average molecular weight is 429 g/mol. The molecule has 158 valence electrons. The van der Waals surface area contributed by atoms with E-state index in [4.69, 9.17) is 4.74 Å². The van der Waals surface area contributed by atoms with Gasteiger partial charge in [0.25, 0.3) is 5.91 Å². The minimum atomic E-state index is -0.227. The van der Waals surface area contributed by atoms with Crippen molar-refractivity contribution in [3.63, 3.8) is 0 Å². The lowest BCUT2D eigenvalue weighted by Crippen LogP contribution is -2.48. The Hall–Kier alpha value is -2.71. The van der Waals surface area contributed by atoms with Crippen LogP contribution >= 0.6 is 11.3 Å². The topological polar surface area (TPSA) is 57.7 Å². The molecule has 0 saturated carbocycles. The molecule has 2 heterocycles. The van der Waals surface area contributed by atoms with E-state index in [0.717, 1.165) is 53.8 Å². The van der Waals surface area contributed by atoms with Crippen LogP contribution in [-0.4, -0.2) is 61.7 Å². The molecule has 0 spiro atoms. The van der Waals surface area contributed by atoms with Crippen LogP contribution in [0.4, 0.5) is 9.52 Å². The highest BCUT2D eigenvalue weighted by Crippen LogP contribution is 2.29. The first-order valence-electron chi connectivity index (χ1n) is 10.2. The normalized spacial score (nSPS) is 14.8. The van der Waals surface area contributed by atoms with E-state index >= 15 is 0 Å². The van der Waals surface area contributed by atoms with E-state index in [1.165, 1.54) is 17.4 Å². The van der Waals surface area contributed by atoms with Crippen molar-refractivity contribution < 1.29 is 13.9 Å². The number of rotatable bonds is 7. The Morgan fingerprint density at radius 3 is 2.67 bits per heavy atom. The quantitative estimate of drug-likeness (QED) is 0.625. The van der Waals surface area contributed by atoms with Crippen LogP contribution in [0.3, 0.4) is 0 Å². The number of nitrogens with one attached hydrogen (secondary N) is 1. The lowest BCUT2D eigenvalue weighted by atomic mass is 10.2. The van der Waals surface area contributed by atoms with E-state index in [-0.39, 0.29) is 11.7 Å². The smallest absolute Gasteiger partial charge is 0.251 e. The van der Waals surface area contributed by atoms with Gasteiger partial charge in [-0.1, -0.05) is 11.3 Å². The molecule has 8 heteroatoms. The van der Waals surface area contributed by atoms with Crippen LogP contribution in [0.1, 0.15) is 17.3 Å². The molecule has 2 aromatic carbocycles. The first-order valence-corrected chi connectivity index (χ1v) is 11.0. The van der Waals surface area contributed by atoms with Gasteiger partial charge in [0.05, 0.1) is 16.8 Å². The van der Waals surface area contributed by atoms with Gasteiger partial charge < -0.3 is 15.0 Å². The number of piperazine rings is 1. The number of anilines is 1. The lowest BCUT2D eigenvalue weighted by Gasteiger charge is -2.34. The second-order valence-electron chi connectivity index (χ2n) is 7.15. The molecule has 1 aliphatic rings. The van der Waals surface area contributed by atoms with Gasteiger partial charge in [-0.25, -0.2) is 9.37 Å². The van der Waals surface area contributed by atoms with Gasteiger partial charge in [-0.3, -0.25) is 9.69 Å². The van der Waals surface area contributed by atoms with Crippen molar-refractivity contribution >= 4 is 32.6 Å². The summed E-state index contributed by atoms with van der Waals surface area (Å²) < 4.78 is 19.7. The summed E-state index contributed by atoms with van der Waals surface area (Å²) in [7, 11) is 0. The predicted molar refractivity (Wildman–Crippen MR) is 118 cm³/mol. The molecule has 1 aliphatic heterocycles. The van der Waals surface area contributed by atoms with Gasteiger partial charge in [-0.05, 0) is 49.4 Å². The van der Waals surface area contributed by atoms with Gasteiger partial charge in [0, 0.05) is 44.8 Å². The molecule has 1 amide bonds. The lowest BCUT2D eigenvalue weighted by molar-refractivity contribution is 0.0947. The van der Waals surface area contributed by atoms with Gasteiger partial charge in [0.2, 0.25) is 0 Å². The Kier molecular flexibility index (Phi) is 6.44. The maximum Gasteiger partial charge on any atom is 0.251 e. The summed E-state index contributed by atoms with van der Waals surface area (Å²) in [6.07, 6.45) is 0. The third-order valence-electron chi connectivity index (χ3n) is 5.12. The van der Waals surface area contributed by atoms with Crippen LogP contribution in [0.2, 0.25) is 0 Å². The number of nitrogens with zero attached hydrogens (tertiary/aromatic N) is 3. The van der Waals surface area contributed by atoms with E-state index in [2.05, 4.69) is 20.1 Å². The summed E-state index contributed by atoms with van der Waals surface area (Å²) in [6.45, 7) is 7.50. The van der Waals surface area contributed by atoms with Crippen molar-refractivity contribution in [3.05, 3.63) is 53.8 Å². The number of hydrogen-bond donors (Lipinski definition) is 1. The van der Waals surface area contributed by atoms with E-state index in [1.54, 1.807) is 24.3 Å². The molecule has 30 heavy (non-hydrogen) atoms. The highest BCUT2D eigenvalue weighted by Gasteiger charge is 2.20. The fraction of sp³-hybridized carbons (Fsp3) is 0.364. The molecule has 1 N–H and O–H groups in total. The summed E-state index contributed by atoms with van der Waals surface area (Å²) in [6, 6.07) is 11.9. The fourth-order valence-corrected chi connectivity index (χ4v) is 4.53. The van der Waals surface area contributed by atoms with Crippen LogP contribution < -0.4 is 15.0 Å². The SMILES string of the molecule is CCOc1ccc(C(=O)NCCN2CCN(c3nc4ccc(F)cc4s3)CC2)cc1. The van der Waals surface area contributed by atoms with Crippen molar-refractivity contribution in [1.29, 1.82) is 0 Å². The van der Waals surface area contributed by atoms with Crippen LogP contribution in [0, 0.1) is 5.82 Å². The summed E-state index contributed by atoms with van der Waals surface area (Å²) >= 11 is 1.53. The molecule has 0 atom stereocenters. The van der Waals surface area contributed by atoms with E-state index in [1.807, 2.05) is 19.1 Å². The molecule has 0 bridgehead atoms. The van der Waals surface area contributed by atoms with Gasteiger partial charge in [0.1, 0.15) is 11.6 Å². The molecule has 0 radical (unpaired) electrons. The second kappa shape index (κ2) is 9.40. The monoisotopic (exact) mass is 428 g/mol. The summed E-state index contributed by atoms with van der Waals surface area (Å²) in [4.78, 5) is 21.5. The summed E-state index contributed by atoms with van der Waals surface area (Å²) in [5.41, 5.74) is 1.48. The van der Waals surface area contributed by atoms with Crippen molar-refractivity contribution in [2.45, 2.75) is 6.92 Å². The molecule has 4 rings (SSSR count). The highest BCUT2D eigenvalue weighted by atomic mass is 32.1. The fourth-order valence-electron chi connectivity index (χ4n) is 3.48. The number of carbonyl (C=O) groups excluding carboxylic acids is 1. The second-order valence-corrected chi connectivity index (χ2v) is 8.16. The number of benzene rings is 2. The molecule has 6 nitrogen and oxygen atoms in total. The van der Waals surface area contributed by atoms with Gasteiger partial charge in [0.15, 0.2) is 5.13 Å². The number of thiazole rings is 1. The number of ether oxygens (including phenoxy) is 1. The Balaban J connectivity index is 1.22. The van der Waals surface area contributed by atoms with Crippen molar-refractivity contribution in [2.24, 2.45) is 0 Å². The molecular weight excluding hydrogens is 403 g/mol. The molecule has 0 aliphatic carbocycles. The van der Waals surface area contributed by atoms with Crippen LogP contribution in [-0.2, 0) is 0 Å². The van der Waals surface area contributed by atoms with Gasteiger partial charge in [-0.2, -0.15) is 0 Å². The standard InChI is InChI=1S/C22H25FN4O2S/c1-2-29-18-6-3-16(4-7-18)21(28)24-9-10-26-11-13-27(14-12-26)22-25-19-8-5-17(23)15-20(19)30-22/h3-8,15H,2,9-14H2,1H3,(H,24,28). The number of fused-ring (bicyclic) bond motifs is 1. The molecule has 1 fully saturated rings. The van der Waals surface area contributed by atoms with Crippen molar-refractivity contribution in [1.82, 2.24) is 15.2 Å². The maximum absolute atomic E-state index is 13.4. The Morgan fingerprint density at radius 1 is 1.17 bits per heavy atom. The number of amides is 1. The predicted octanol–water partition coefficient (Wildman–Crippen LogP) is 3.39. The van der Waals surface area contributed by atoms with Crippen LogP contribution in [0.25, 0.3) is 10.2 Å². The first-order chi connectivity index (χ1) is 14.6. The van der Waals surface area contributed by atoms with Crippen LogP contribution in [0.15, 0.2) is 42.5 Å². The number of halogens is 1. The molecule has 1 saturated heterocycles. The number of carbonyl (C=O) groups is 1. The minimum absolute atomic E-state index is 0.0709. The average Bonchev–Trinajstić information content (AvgIpc) is 3.18. The third-order valence-corrected chi connectivity index (χ3v) is 6.20. The highest BCUT2D eigenvalue weighted by molar-refractivity contribution is 7.22. The van der Waals surface area contributed by atoms with Crippen molar-refractivity contribution in [2.75, 3.05) is 50.8 Å².